The van der Waals surface area contributed by atoms with Gasteiger partial charge in [0.05, 0.1) is 17.0 Å². The smallest absolute Gasteiger partial charge is 0.126 e. The van der Waals surface area contributed by atoms with Gasteiger partial charge >= 0.3 is 0 Å². The first-order valence-electron chi connectivity index (χ1n) is 4.63. The van der Waals surface area contributed by atoms with Gasteiger partial charge in [0.25, 0.3) is 0 Å². The minimum Gasteiger partial charge on any atom is -0.496 e. The van der Waals surface area contributed by atoms with Crippen LogP contribution in [0, 0.1) is 6.92 Å². The molecule has 3 heteroatoms. The number of ether oxygens (including phenoxy) is 1. The molecule has 1 heterocycles. The molecule has 0 saturated carbocycles. The molecule has 0 N–H and O–H groups in total. The molecule has 0 aliphatic rings. The fourth-order valence-corrected chi connectivity index (χ4v) is 1.16. The van der Waals surface area contributed by atoms with Crippen LogP contribution in [0.15, 0.2) is 12.3 Å². The van der Waals surface area contributed by atoms with Gasteiger partial charge in [-0.1, -0.05) is 0 Å². The van der Waals surface area contributed by atoms with Gasteiger partial charge < -0.3 is 4.74 Å². The molecule has 0 bridgehead atoms. The summed E-state index contributed by atoms with van der Waals surface area (Å²) in [5.41, 5.74) is 1.30. The average molecular weight is 175 g/mol. The number of rotatable bonds is 2. The van der Waals surface area contributed by atoms with E-state index in [0.29, 0.717) is 11.3 Å². The van der Waals surface area contributed by atoms with Crippen LogP contribution >= 0.6 is 11.6 Å². The van der Waals surface area contributed by atoms with Crippen LogP contribution in [0.2, 0.25) is 0 Å². The van der Waals surface area contributed by atoms with E-state index in [0.717, 1.165) is 0 Å². The number of hydrogen-bond donors (Lipinski definition) is 0. The van der Waals surface area contributed by atoms with Crippen molar-refractivity contribution in [1.82, 2.24) is 4.98 Å². The zero-order valence-electron chi connectivity index (χ0n) is 9.10. The molecule has 2 nitrogen and oxygen atoms in total. The molecule has 0 aliphatic carbocycles. The first kappa shape index (κ1) is 4.99. The standard InChI is InChI=1S/C8H10ClNO/c1-6-7(5-9)8(11-2)3-4-10-6/h3-4H,5H2,1-2H3/i2D3. The number of halogens is 1. The Morgan fingerprint density at radius 3 is 3.27 bits per heavy atom. The van der Waals surface area contributed by atoms with Gasteiger partial charge in [0.15, 0.2) is 0 Å². The summed E-state index contributed by atoms with van der Waals surface area (Å²) in [6, 6.07) is 1.50. The Labute approximate surface area is 75.4 Å². The molecule has 0 fully saturated rings. The SMILES string of the molecule is [2H]C([2H])([2H])Oc1ccnc(C)c1CCl. The van der Waals surface area contributed by atoms with Crippen LogP contribution in [-0.4, -0.2) is 12.0 Å². The van der Waals surface area contributed by atoms with Gasteiger partial charge in [-0.25, -0.2) is 0 Å². The zero-order valence-corrected chi connectivity index (χ0v) is 6.85. The van der Waals surface area contributed by atoms with E-state index < -0.39 is 7.04 Å². The molecule has 0 aromatic carbocycles. The lowest BCUT2D eigenvalue weighted by atomic mass is 10.2. The quantitative estimate of drug-likeness (QED) is 0.641. The van der Waals surface area contributed by atoms with Gasteiger partial charge in [-0.2, -0.15) is 0 Å². The molecule has 60 valence electrons. The number of methoxy groups -OCH3 is 1. The van der Waals surface area contributed by atoms with E-state index in [4.69, 9.17) is 20.5 Å². The average Bonchev–Trinajstić information content (AvgIpc) is 2.01. The van der Waals surface area contributed by atoms with Crippen molar-refractivity contribution >= 4 is 11.6 Å². The summed E-state index contributed by atoms with van der Waals surface area (Å²) in [7, 11) is -2.45. The van der Waals surface area contributed by atoms with Gasteiger partial charge in [0.1, 0.15) is 5.75 Å². The van der Waals surface area contributed by atoms with E-state index in [1.807, 2.05) is 0 Å². The molecule has 11 heavy (non-hydrogen) atoms. The summed E-state index contributed by atoms with van der Waals surface area (Å²) in [6.07, 6.45) is 1.49. The highest BCUT2D eigenvalue weighted by molar-refractivity contribution is 6.17. The first-order chi connectivity index (χ1) is 6.44. The number of aromatic nitrogens is 1. The molecule has 1 aromatic heterocycles. The second-order valence-electron chi connectivity index (χ2n) is 2.11. The summed E-state index contributed by atoms with van der Waals surface area (Å²) < 4.78 is 25.7. The Kier molecular flexibility index (Phi) is 1.62. The van der Waals surface area contributed by atoms with Crippen molar-refractivity contribution in [1.29, 1.82) is 0 Å². The largest absolute Gasteiger partial charge is 0.496 e. The van der Waals surface area contributed by atoms with Gasteiger partial charge in [-0.05, 0) is 13.0 Å². The Hall–Kier alpha value is -0.760. The monoisotopic (exact) mass is 174 g/mol. The molecule has 0 radical (unpaired) electrons. The minimum absolute atomic E-state index is 0.186. The van der Waals surface area contributed by atoms with Crippen molar-refractivity contribution < 1.29 is 8.85 Å². The molecular formula is C8H10ClNO. The first-order valence-corrected chi connectivity index (χ1v) is 3.67. The highest BCUT2D eigenvalue weighted by Gasteiger charge is 2.03. The van der Waals surface area contributed by atoms with Gasteiger partial charge in [-0.3, -0.25) is 4.98 Å². The molecule has 0 aliphatic heterocycles. The van der Waals surface area contributed by atoms with Crippen LogP contribution in [0.4, 0.5) is 0 Å². The second kappa shape index (κ2) is 3.58. The number of pyridine rings is 1. The van der Waals surface area contributed by atoms with Crippen molar-refractivity contribution in [3.8, 4) is 5.75 Å². The molecule has 0 saturated heterocycles. The van der Waals surface area contributed by atoms with Gasteiger partial charge in [0.2, 0.25) is 0 Å². The molecule has 1 aromatic rings. The Balaban J connectivity index is 3.02. The number of nitrogens with zero attached hydrogens (tertiary/aromatic N) is 1. The summed E-state index contributed by atoms with van der Waals surface area (Å²) in [6.45, 7) is 1.75. The normalized spacial score (nSPS) is 14.9. The lowest BCUT2D eigenvalue weighted by molar-refractivity contribution is 0.410. The molecule has 0 amide bonds. The fraction of sp³-hybridized carbons (Fsp3) is 0.375. The van der Waals surface area contributed by atoms with Gasteiger partial charge in [0, 0.05) is 17.5 Å². The zero-order chi connectivity index (χ0) is 10.8. The highest BCUT2D eigenvalue weighted by Crippen LogP contribution is 2.21. The summed E-state index contributed by atoms with van der Waals surface area (Å²) in [5.74, 6) is 0.456. The third-order valence-electron chi connectivity index (χ3n) is 1.47. The Morgan fingerprint density at radius 2 is 2.64 bits per heavy atom. The third-order valence-corrected chi connectivity index (χ3v) is 1.74. The third kappa shape index (κ3) is 1.63. The van der Waals surface area contributed by atoms with Crippen LogP contribution in [0.1, 0.15) is 15.4 Å². The maximum Gasteiger partial charge on any atom is 0.126 e. The van der Waals surface area contributed by atoms with E-state index in [1.165, 1.54) is 12.3 Å². The van der Waals surface area contributed by atoms with Gasteiger partial charge in [-0.15, -0.1) is 11.6 Å². The minimum atomic E-state index is -2.45. The number of alkyl halides is 1. The highest BCUT2D eigenvalue weighted by atomic mass is 35.5. The number of hydrogen-bond acceptors (Lipinski definition) is 2. The van der Waals surface area contributed by atoms with Crippen LogP contribution in [-0.2, 0) is 5.88 Å². The van der Waals surface area contributed by atoms with E-state index in [2.05, 4.69) is 4.98 Å². The van der Waals surface area contributed by atoms with Crippen LogP contribution in [0.5, 0.6) is 5.75 Å². The Bertz CT molecular complexity index is 327. The summed E-state index contributed by atoms with van der Waals surface area (Å²) in [5, 5.41) is 0. The lowest BCUT2D eigenvalue weighted by Gasteiger charge is -2.06. The van der Waals surface area contributed by atoms with Crippen LogP contribution in [0.25, 0.3) is 0 Å². The van der Waals surface area contributed by atoms with Crippen molar-refractivity contribution in [3.63, 3.8) is 0 Å². The predicted molar refractivity (Wildman–Crippen MR) is 45.1 cm³/mol. The van der Waals surface area contributed by atoms with E-state index in [1.54, 1.807) is 6.92 Å². The van der Waals surface area contributed by atoms with Crippen molar-refractivity contribution in [2.75, 3.05) is 7.04 Å². The van der Waals surface area contributed by atoms with E-state index in [9.17, 15) is 0 Å². The predicted octanol–water partition coefficient (Wildman–Crippen LogP) is 2.14. The van der Waals surface area contributed by atoms with Crippen molar-refractivity contribution in [2.45, 2.75) is 12.8 Å². The van der Waals surface area contributed by atoms with E-state index in [-0.39, 0.29) is 11.6 Å². The maximum absolute atomic E-state index is 6.96. The fourth-order valence-electron chi connectivity index (χ4n) is 0.832. The van der Waals surface area contributed by atoms with E-state index >= 15 is 0 Å². The maximum atomic E-state index is 6.96. The van der Waals surface area contributed by atoms with Crippen LogP contribution < -0.4 is 4.74 Å². The molecule has 1 rings (SSSR count). The van der Waals surface area contributed by atoms with Crippen LogP contribution in [0.3, 0.4) is 0 Å². The number of aryl methyl sites for hydroxylation is 1. The molecule has 0 unspecified atom stereocenters. The van der Waals surface area contributed by atoms with Crippen molar-refractivity contribution in [3.05, 3.63) is 23.5 Å². The molecular weight excluding hydrogens is 162 g/mol. The second-order valence-corrected chi connectivity index (χ2v) is 2.38. The lowest BCUT2D eigenvalue weighted by Crippen LogP contribution is -1.94. The molecule has 0 spiro atoms. The Morgan fingerprint density at radius 1 is 1.82 bits per heavy atom. The topological polar surface area (TPSA) is 22.1 Å². The summed E-state index contributed by atoms with van der Waals surface area (Å²) in [4.78, 5) is 3.99. The molecule has 0 atom stereocenters. The summed E-state index contributed by atoms with van der Waals surface area (Å²) >= 11 is 5.66. The van der Waals surface area contributed by atoms with Crippen molar-refractivity contribution in [2.24, 2.45) is 0 Å².